The van der Waals surface area contributed by atoms with E-state index in [-0.39, 0.29) is 17.9 Å². The van der Waals surface area contributed by atoms with Gasteiger partial charge in [-0.1, -0.05) is 0 Å². The predicted molar refractivity (Wildman–Crippen MR) is 83.5 cm³/mol. The van der Waals surface area contributed by atoms with Crippen LogP contribution in [0.1, 0.15) is 31.4 Å². The molecule has 120 valence electrons. The summed E-state index contributed by atoms with van der Waals surface area (Å²) >= 11 is 0. The quantitative estimate of drug-likeness (QED) is 0.902. The molecule has 0 atom stereocenters. The van der Waals surface area contributed by atoms with Gasteiger partial charge in [-0.05, 0) is 31.6 Å². The summed E-state index contributed by atoms with van der Waals surface area (Å²) in [6.07, 6.45) is 5.37. The Morgan fingerprint density at radius 2 is 2.05 bits per heavy atom. The number of hydrogen-bond acceptors (Lipinski definition) is 5. The zero-order chi connectivity index (χ0) is 15.6. The molecule has 2 aliphatic rings. The van der Waals surface area contributed by atoms with Crippen molar-refractivity contribution in [3.63, 3.8) is 0 Å². The number of carbonyl (C=O) groups is 1. The van der Waals surface area contributed by atoms with Gasteiger partial charge in [0.1, 0.15) is 12.1 Å². The molecule has 6 nitrogen and oxygen atoms in total. The molecule has 3 rings (SSSR count). The number of aromatic nitrogens is 2. The zero-order valence-electron chi connectivity index (χ0n) is 13.2. The molecule has 22 heavy (non-hydrogen) atoms. The molecule has 2 saturated heterocycles. The number of hydrogen-bond donors (Lipinski definition) is 1. The van der Waals surface area contributed by atoms with Crippen LogP contribution in [0.2, 0.25) is 0 Å². The lowest BCUT2D eigenvalue weighted by molar-refractivity contribution is -0.138. The molecule has 0 aromatic carbocycles. The van der Waals surface area contributed by atoms with Crippen molar-refractivity contribution in [3.8, 4) is 0 Å². The van der Waals surface area contributed by atoms with E-state index in [1.165, 1.54) is 0 Å². The fourth-order valence-electron chi connectivity index (χ4n) is 3.66. The number of β-amino-alcohol motifs (C(OH)–C–C–N with tert-alkyl or cyclic N) is 1. The van der Waals surface area contributed by atoms with Gasteiger partial charge in [-0.15, -0.1) is 0 Å². The second-order valence-electron chi connectivity index (χ2n) is 6.54. The van der Waals surface area contributed by atoms with E-state index in [4.69, 9.17) is 5.11 Å². The minimum atomic E-state index is 0.0498. The van der Waals surface area contributed by atoms with E-state index in [0.29, 0.717) is 13.0 Å². The van der Waals surface area contributed by atoms with Gasteiger partial charge in [0.05, 0.1) is 6.61 Å². The van der Waals surface area contributed by atoms with Gasteiger partial charge in [0.2, 0.25) is 5.91 Å². The molecule has 0 unspecified atom stereocenters. The topological polar surface area (TPSA) is 69.6 Å². The third-order valence-electron chi connectivity index (χ3n) is 5.06. The third-order valence-corrected chi connectivity index (χ3v) is 5.06. The fourth-order valence-corrected chi connectivity index (χ4v) is 3.66. The van der Waals surface area contributed by atoms with Crippen LogP contribution < -0.4 is 4.90 Å². The Hall–Kier alpha value is -1.69. The monoisotopic (exact) mass is 304 g/mol. The Morgan fingerprint density at radius 1 is 1.27 bits per heavy atom. The maximum absolute atomic E-state index is 11.9. The highest BCUT2D eigenvalue weighted by Gasteiger charge is 2.40. The van der Waals surface area contributed by atoms with Crippen LogP contribution in [-0.2, 0) is 4.79 Å². The first-order valence-corrected chi connectivity index (χ1v) is 8.04. The fraction of sp³-hybridized carbons (Fsp3) is 0.688. The molecule has 0 saturated carbocycles. The van der Waals surface area contributed by atoms with Crippen molar-refractivity contribution in [1.82, 2.24) is 14.9 Å². The number of anilines is 1. The van der Waals surface area contributed by atoms with Crippen LogP contribution in [-0.4, -0.2) is 58.7 Å². The second-order valence-corrected chi connectivity index (χ2v) is 6.54. The summed E-state index contributed by atoms with van der Waals surface area (Å²) in [5.74, 6) is 1.19. The van der Waals surface area contributed by atoms with Crippen molar-refractivity contribution < 1.29 is 9.90 Å². The van der Waals surface area contributed by atoms with Crippen molar-refractivity contribution in [2.24, 2.45) is 5.41 Å². The Kier molecular flexibility index (Phi) is 4.29. The number of likely N-dealkylation sites (tertiary alicyclic amines) is 1. The number of nitrogens with zero attached hydrogens (tertiary/aromatic N) is 4. The Balaban J connectivity index is 1.64. The number of aliphatic hydroxyl groups is 1. The molecule has 1 aromatic heterocycles. The second kappa shape index (κ2) is 6.20. The average molecular weight is 304 g/mol. The first kappa shape index (κ1) is 15.2. The highest BCUT2D eigenvalue weighted by atomic mass is 16.3. The maximum atomic E-state index is 11.9. The van der Waals surface area contributed by atoms with Gasteiger partial charge in [-0.25, -0.2) is 9.97 Å². The van der Waals surface area contributed by atoms with E-state index in [1.54, 1.807) is 6.33 Å². The molecule has 6 heteroatoms. The molecule has 1 spiro atoms. The van der Waals surface area contributed by atoms with E-state index < -0.39 is 0 Å². The van der Waals surface area contributed by atoms with Crippen LogP contribution >= 0.6 is 0 Å². The van der Waals surface area contributed by atoms with Crippen molar-refractivity contribution in [3.05, 3.63) is 18.1 Å². The molecule has 0 bridgehead atoms. The molecule has 0 aliphatic carbocycles. The standard InChI is InChI=1S/C16H24N4O2/c1-13-10-14(18-12-17-13)19-6-4-16(5-7-19)3-2-15(22)20(11-16)8-9-21/h10,12,21H,2-9,11H2,1H3. The number of aliphatic hydroxyl groups excluding tert-OH is 1. The molecular formula is C16H24N4O2. The van der Waals surface area contributed by atoms with Gasteiger partial charge in [-0.3, -0.25) is 4.79 Å². The SMILES string of the molecule is Cc1cc(N2CCC3(CCC(=O)N(CCO)C3)CC2)ncn1. The van der Waals surface area contributed by atoms with Crippen molar-refractivity contribution in [2.75, 3.05) is 37.7 Å². The van der Waals surface area contributed by atoms with E-state index in [2.05, 4.69) is 14.9 Å². The minimum Gasteiger partial charge on any atom is -0.395 e. The molecule has 1 aromatic rings. The van der Waals surface area contributed by atoms with Gasteiger partial charge in [0.25, 0.3) is 0 Å². The summed E-state index contributed by atoms with van der Waals surface area (Å²) in [4.78, 5) is 24.6. The lowest BCUT2D eigenvalue weighted by atomic mass is 9.72. The molecule has 0 radical (unpaired) electrons. The van der Waals surface area contributed by atoms with E-state index >= 15 is 0 Å². The predicted octanol–water partition coefficient (Wildman–Crippen LogP) is 0.986. The molecule has 1 N–H and O–H groups in total. The van der Waals surface area contributed by atoms with Crippen LogP contribution in [0, 0.1) is 12.3 Å². The summed E-state index contributed by atoms with van der Waals surface area (Å²) < 4.78 is 0. The normalized spacial score (nSPS) is 21.5. The average Bonchev–Trinajstić information content (AvgIpc) is 2.52. The highest BCUT2D eigenvalue weighted by molar-refractivity contribution is 5.77. The van der Waals surface area contributed by atoms with E-state index in [1.807, 2.05) is 17.9 Å². The Morgan fingerprint density at radius 3 is 2.73 bits per heavy atom. The van der Waals surface area contributed by atoms with Crippen LogP contribution in [0.3, 0.4) is 0 Å². The van der Waals surface area contributed by atoms with Crippen LogP contribution in [0.25, 0.3) is 0 Å². The molecule has 2 fully saturated rings. The van der Waals surface area contributed by atoms with E-state index in [9.17, 15) is 4.79 Å². The van der Waals surface area contributed by atoms with Gasteiger partial charge < -0.3 is 14.9 Å². The summed E-state index contributed by atoms with van der Waals surface area (Å²) in [5.41, 5.74) is 1.21. The summed E-state index contributed by atoms with van der Waals surface area (Å²) in [5, 5.41) is 9.12. The van der Waals surface area contributed by atoms with Crippen molar-refractivity contribution >= 4 is 11.7 Å². The lowest BCUT2D eigenvalue weighted by Gasteiger charge is -2.47. The zero-order valence-corrected chi connectivity index (χ0v) is 13.2. The number of aryl methyl sites for hydroxylation is 1. The van der Waals surface area contributed by atoms with Gasteiger partial charge in [-0.2, -0.15) is 0 Å². The summed E-state index contributed by atoms with van der Waals surface area (Å²) in [7, 11) is 0. The molecule has 1 amide bonds. The van der Waals surface area contributed by atoms with Gasteiger partial charge >= 0.3 is 0 Å². The van der Waals surface area contributed by atoms with E-state index in [0.717, 1.165) is 50.4 Å². The molecule has 2 aliphatic heterocycles. The van der Waals surface area contributed by atoms with Crippen molar-refractivity contribution in [1.29, 1.82) is 0 Å². The van der Waals surface area contributed by atoms with Crippen LogP contribution in [0.4, 0.5) is 5.82 Å². The number of rotatable bonds is 3. The summed E-state index contributed by atoms with van der Waals surface area (Å²) in [6, 6.07) is 2.03. The van der Waals surface area contributed by atoms with Gasteiger partial charge in [0, 0.05) is 44.4 Å². The molecule has 3 heterocycles. The number of amides is 1. The smallest absolute Gasteiger partial charge is 0.222 e. The van der Waals surface area contributed by atoms with Crippen molar-refractivity contribution in [2.45, 2.75) is 32.6 Å². The third kappa shape index (κ3) is 3.06. The largest absolute Gasteiger partial charge is 0.395 e. The first-order chi connectivity index (χ1) is 10.6. The number of carbonyl (C=O) groups excluding carboxylic acids is 1. The summed E-state index contributed by atoms with van der Waals surface area (Å²) in [6.45, 7) is 5.23. The first-order valence-electron chi connectivity index (χ1n) is 8.04. The highest BCUT2D eigenvalue weighted by Crippen LogP contribution is 2.40. The van der Waals surface area contributed by atoms with Gasteiger partial charge in [0.15, 0.2) is 0 Å². The lowest BCUT2D eigenvalue weighted by Crippen LogP contribution is -2.52. The Labute approximate surface area is 131 Å². The minimum absolute atomic E-state index is 0.0498. The van der Waals surface area contributed by atoms with Crippen LogP contribution in [0.5, 0.6) is 0 Å². The maximum Gasteiger partial charge on any atom is 0.222 e. The number of piperidine rings is 2. The molecular weight excluding hydrogens is 280 g/mol. The Bertz CT molecular complexity index is 541. The van der Waals surface area contributed by atoms with Crippen LogP contribution in [0.15, 0.2) is 12.4 Å².